The average molecular weight is 379 g/mol. The van der Waals surface area contributed by atoms with Gasteiger partial charge in [-0.2, -0.15) is 9.37 Å². The minimum atomic E-state index is -0.551. The number of urea groups is 1. The summed E-state index contributed by atoms with van der Waals surface area (Å²) in [5.74, 6) is -0.613. The van der Waals surface area contributed by atoms with Gasteiger partial charge in [-0.3, -0.25) is 4.79 Å². The standard InChI is InChI=1S/C17H16ClN3O3S/c1-10(2)19-14(22)9-20-13-6-7-25-15(13)16(23)21(17(20)24)12-5-3-4-11(18)8-12/h3-8,10,15H,9H2,1-2H3/p+1. The molecule has 0 bridgehead atoms. The maximum absolute atomic E-state index is 13.0. The van der Waals surface area contributed by atoms with Crippen molar-refractivity contribution < 1.29 is 19.0 Å². The molecular weight excluding hydrogens is 362 g/mol. The summed E-state index contributed by atoms with van der Waals surface area (Å²) < 4.78 is 1.35. The second-order valence-corrected chi connectivity index (χ2v) is 7.44. The number of rotatable bonds is 4. The molecule has 0 spiro atoms. The van der Waals surface area contributed by atoms with Crippen LogP contribution in [0.25, 0.3) is 0 Å². The summed E-state index contributed by atoms with van der Waals surface area (Å²) in [6.07, 6.45) is 1.71. The molecule has 0 radical (unpaired) electrons. The van der Waals surface area contributed by atoms with Crippen molar-refractivity contribution in [3.63, 3.8) is 0 Å². The predicted octanol–water partition coefficient (Wildman–Crippen LogP) is 2.41. The summed E-state index contributed by atoms with van der Waals surface area (Å²) in [6.45, 7) is 3.55. The Morgan fingerprint density at radius 2 is 2.16 bits per heavy atom. The van der Waals surface area contributed by atoms with Gasteiger partial charge in [-0.25, -0.2) is 4.79 Å². The van der Waals surface area contributed by atoms with Gasteiger partial charge in [0.2, 0.25) is 0 Å². The van der Waals surface area contributed by atoms with E-state index in [9.17, 15) is 14.4 Å². The first-order valence-electron chi connectivity index (χ1n) is 7.77. The molecular formula is C17H17ClN3O3S+. The fourth-order valence-corrected chi connectivity index (χ4v) is 3.85. The number of hydrogen-bond acceptors (Lipinski definition) is 4. The molecule has 0 saturated carbocycles. The number of anilines is 1. The van der Waals surface area contributed by atoms with E-state index in [1.807, 2.05) is 13.8 Å². The Labute approximate surface area is 154 Å². The fourth-order valence-electron chi connectivity index (χ4n) is 2.73. The molecule has 2 aliphatic heterocycles. The molecule has 130 valence electrons. The molecule has 1 unspecified atom stereocenters. The van der Waals surface area contributed by atoms with Crippen molar-refractivity contribution in [1.82, 2.24) is 5.32 Å². The van der Waals surface area contributed by atoms with E-state index in [0.29, 0.717) is 16.4 Å². The summed E-state index contributed by atoms with van der Waals surface area (Å²) in [7, 11) is 0. The second-order valence-electron chi connectivity index (χ2n) is 5.99. The number of amides is 4. The van der Waals surface area contributed by atoms with Crippen molar-refractivity contribution in [3.05, 3.63) is 40.8 Å². The Balaban J connectivity index is 1.99. The van der Waals surface area contributed by atoms with Crippen molar-refractivity contribution in [3.8, 4) is 0 Å². The van der Waals surface area contributed by atoms with Gasteiger partial charge in [0, 0.05) is 17.1 Å². The first-order chi connectivity index (χ1) is 11.9. The van der Waals surface area contributed by atoms with Crippen molar-refractivity contribution in [2.24, 2.45) is 0 Å². The SMILES string of the molecule is CC(C)NC(=O)C[N+]1=C2C=CSC2C(=O)N(c2cccc(Cl)c2)C1=O. The molecule has 8 heteroatoms. The molecule has 25 heavy (non-hydrogen) atoms. The third-order valence-electron chi connectivity index (χ3n) is 3.72. The van der Waals surface area contributed by atoms with Gasteiger partial charge in [-0.15, -0.1) is 16.7 Å². The van der Waals surface area contributed by atoms with Gasteiger partial charge in [0.25, 0.3) is 5.91 Å². The molecule has 0 saturated heterocycles. The lowest BCUT2D eigenvalue weighted by atomic mass is 10.1. The van der Waals surface area contributed by atoms with Gasteiger partial charge in [0.1, 0.15) is 11.4 Å². The molecule has 4 amide bonds. The Hall–Kier alpha value is -2.12. The van der Waals surface area contributed by atoms with E-state index in [-0.39, 0.29) is 24.4 Å². The smallest absolute Gasteiger partial charge is 0.351 e. The Morgan fingerprint density at radius 3 is 2.84 bits per heavy atom. The van der Waals surface area contributed by atoms with Crippen LogP contribution < -0.4 is 10.2 Å². The first-order valence-corrected chi connectivity index (χ1v) is 9.10. The summed E-state index contributed by atoms with van der Waals surface area (Å²) in [5.41, 5.74) is 0.931. The Kier molecular flexibility index (Phi) is 4.96. The number of benzene rings is 1. The molecule has 6 nitrogen and oxygen atoms in total. The lowest BCUT2D eigenvalue weighted by molar-refractivity contribution is -0.415. The van der Waals surface area contributed by atoms with Crippen LogP contribution in [0, 0.1) is 0 Å². The summed E-state index contributed by atoms with van der Waals surface area (Å²) in [6, 6.07) is 5.96. The van der Waals surface area contributed by atoms with Crippen LogP contribution in [-0.2, 0) is 9.59 Å². The van der Waals surface area contributed by atoms with Crippen LogP contribution in [0.2, 0.25) is 5.02 Å². The first kappa shape index (κ1) is 17.7. The van der Waals surface area contributed by atoms with Crippen LogP contribution in [0.15, 0.2) is 35.7 Å². The molecule has 1 N–H and O–H groups in total. The van der Waals surface area contributed by atoms with E-state index in [2.05, 4.69) is 5.32 Å². The summed E-state index contributed by atoms with van der Waals surface area (Å²) in [5, 5.41) is 4.41. The van der Waals surface area contributed by atoms with E-state index in [1.54, 1.807) is 35.7 Å². The van der Waals surface area contributed by atoms with E-state index in [1.165, 1.54) is 16.3 Å². The molecule has 0 aromatic heterocycles. The number of carbonyl (C=O) groups is 3. The molecule has 2 heterocycles. The van der Waals surface area contributed by atoms with Crippen LogP contribution in [0.5, 0.6) is 0 Å². The number of thioether (sulfide) groups is 1. The lowest BCUT2D eigenvalue weighted by Gasteiger charge is -2.24. The Morgan fingerprint density at radius 1 is 1.40 bits per heavy atom. The number of nitrogens with one attached hydrogen (secondary N) is 1. The second kappa shape index (κ2) is 7.01. The molecule has 1 atom stereocenters. The number of allylic oxidation sites excluding steroid dienone is 1. The maximum atomic E-state index is 13.0. The summed E-state index contributed by atoms with van der Waals surface area (Å²) >= 11 is 7.32. The largest absolute Gasteiger partial charge is 0.506 e. The fraction of sp³-hybridized carbons (Fsp3) is 0.294. The average Bonchev–Trinajstić information content (AvgIpc) is 3.01. The zero-order valence-electron chi connectivity index (χ0n) is 13.7. The van der Waals surface area contributed by atoms with Crippen LogP contribution in [0.3, 0.4) is 0 Å². The monoisotopic (exact) mass is 378 g/mol. The lowest BCUT2D eigenvalue weighted by Crippen LogP contribution is -2.57. The van der Waals surface area contributed by atoms with Gasteiger partial charge in [0.15, 0.2) is 11.8 Å². The van der Waals surface area contributed by atoms with Crippen LogP contribution in [0.1, 0.15) is 13.8 Å². The van der Waals surface area contributed by atoms with E-state index >= 15 is 0 Å². The van der Waals surface area contributed by atoms with Gasteiger partial charge >= 0.3 is 11.9 Å². The number of nitrogens with zero attached hydrogens (tertiary/aromatic N) is 2. The van der Waals surface area contributed by atoms with Gasteiger partial charge in [0.05, 0.1) is 0 Å². The van der Waals surface area contributed by atoms with Crippen molar-refractivity contribution in [2.45, 2.75) is 25.1 Å². The normalized spacial score (nSPS) is 19.7. The minimum absolute atomic E-state index is 0.0349. The maximum Gasteiger partial charge on any atom is 0.506 e. The number of fused-ring (bicyclic) bond motifs is 1. The molecule has 1 aromatic rings. The van der Waals surface area contributed by atoms with Crippen LogP contribution in [-0.4, -0.2) is 46.0 Å². The molecule has 2 aliphatic rings. The third kappa shape index (κ3) is 3.48. The number of imide groups is 1. The molecule has 1 aromatic carbocycles. The molecule has 3 rings (SSSR count). The number of hydrogen-bond donors (Lipinski definition) is 1. The van der Waals surface area contributed by atoms with Crippen molar-refractivity contribution >= 4 is 52.6 Å². The molecule has 0 aliphatic carbocycles. The predicted molar refractivity (Wildman–Crippen MR) is 98.3 cm³/mol. The zero-order chi connectivity index (χ0) is 18.1. The van der Waals surface area contributed by atoms with Gasteiger partial charge in [-0.1, -0.05) is 17.7 Å². The van der Waals surface area contributed by atoms with Gasteiger partial charge < -0.3 is 5.32 Å². The molecule has 0 fully saturated rings. The quantitative estimate of drug-likeness (QED) is 0.817. The van der Waals surface area contributed by atoms with E-state index in [0.717, 1.165) is 4.90 Å². The van der Waals surface area contributed by atoms with E-state index in [4.69, 9.17) is 11.6 Å². The topological polar surface area (TPSA) is 69.5 Å². The highest BCUT2D eigenvalue weighted by atomic mass is 35.5. The van der Waals surface area contributed by atoms with Crippen molar-refractivity contribution in [2.75, 3.05) is 11.4 Å². The third-order valence-corrected chi connectivity index (χ3v) is 4.96. The Bertz CT molecular complexity index is 819. The zero-order valence-corrected chi connectivity index (χ0v) is 15.3. The number of carbonyl (C=O) groups excluding carboxylic acids is 3. The summed E-state index contributed by atoms with van der Waals surface area (Å²) in [4.78, 5) is 39.0. The highest BCUT2D eigenvalue weighted by Gasteiger charge is 2.50. The number of halogens is 1. The van der Waals surface area contributed by atoms with Gasteiger partial charge in [-0.05, 0) is 37.5 Å². The van der Waals surface area contributed by atoms with E-state index < -0.39 is 11.3 Å². The van der Waals surface area contributed by atoms with Crippen molar-refractivity contribution in [1.29, 1.82) is 0 Å². The van der Waals surface area contributed by atoms with Crippen LogP contribution >= 0.6 is 23.4 Å². The highest BCUT2D eigenvalue weighted by Crippen LogP contribution is 2.31. The van der Waals surface area contributed by atoms with Crippen LogP contribution in [0.4, 0.5) is 10.5 Å². The minimum Gasteiger partial charge on any atom is -0.351 e. The highest BCUT2D eigenvalue weighted by molar-refractivity contribution is 8.04.